The first-order valence-corrected chi connectivity index (χ1v) is 9.29. The van der Waals surface area contributed by atoms with E-state index in [9.17, 15) is 19.8 Å². The second-order valence-corrected chi connectivity index (χ2v) is 7.49. The molecule has 4 aromatic rings. The summed E-state index contributed by atoms with van der Waals surface area (Å²) in [5.74, 6) is -0.493. The first-order valence-electron chi connectivity index (χ1n) is 8.47. The van der Waals surface area contributed by atoms with Gasteiger partial charge in [0.2, 0.25) is 0 Å². The molecule has 5 nitrogen and oxygen atoms in total. The molecule has 6 heteroatoms. The van der Waals surface area contributed by atoms with Crippen molar-refractivity contribution in [3.63, 3.8) is 0 Å². The van der Waals surface area contributed by atoms with Gasteiger partial charge >= 0.3 is 11.9 Å². The number of carboxylic acid groups (broad SMARTS) is 2. The van der Waals surface area contributed by atoms with Crippen LogP contribution in [0.25, 0.3) is 21.5 Å². The van der Waals surface area contributed by atoms with Crippen LogP contribution < -0.4 is 4.74 Å². The Balaban J connectivity index is 1.69. The summed E-state index contributed by atoms with van der Waals surface area (Å²) in [5.41, 5.74) is 0.474. The van der Waals surface area contributed by atoms with Gasteiger partial charge < -0.3 is 14.9 Å². The maximum atomic E-state index is 11.2. The zero-order valence-electron chi connectivity index (χ0n) is 14.3. The van der Waals surface area contributed by atoms with Crippen molar-refractivity contribution >= 4 is 45.2 Å². The maximum Gasteiger partial charge on any atom is 0.335 e. The summed E-state index contributed by atoms with van der Waals surface area (Å²) in [6, 6.07) is 17.5. The smallest absolute Gasteiger partial charge is 0.335 e. The summed E-state index contributed by atoms with van der Waals surface area (Å²) < 4.78 is 6.10. The number of hydrogen-bond acceptors (Lipinski definition) is 4. The van der Waals surface area contributed by atoms with Gasteiger partial charge in [-0.05, 0) is 57.9 Å². The number of ether oxygens (including phenoxy) is 1. The van der Waals surface area contributed by atoms with Crippen LogP contribution in [0.15, 0.2) is 70.5 Å². The largest absolute Gasteiger partial charge is 0.478 e. The molecule has 0 aromatic heterocycles. The number of carbonyl (C=O) groups is 2. The molecule has 4 aromatic carbocycles. The molecule has 0 saturated carbocycles. The van der Waals surface area contributed by atoms with Crippen molar-refractivity contribution in [1.82, 2.24) is 0 Å². The van der Waals surface area contributed by atoms with E-state index in [1.807, 2.05) is 24.3 Å². The molecule has 0 spiro atoms. The van der Waals surface area contributed by atoms with Gasteiger partial charge in [-0.25, -0.2) is 9.59 Å². The average molecular weight is 388 g/mol. The van der Waals surface area contributed by atoms with E-state index >= 15 is 0 Å². The molecular formula is C22H12O5S. The van der Waals surface area contributed by atoms with Crippen molar-refractivity contribution in [1.29, 1.82) is 0 Å². The Kier molecular flexibility index (Phi) is 3.57. The van der Waals surface area contributed by atoms with Crippen molar-refractivity contribution in [3.8, 4) is 11.5 Å². The van der Waals surface area contributed by atoms with E-state index < -0.39 is 11.9 Å². The van der Waals surface area contributed by atoms with Gasteiger partial charge in [0, 0.05) is 0 Å². The number of fused-ring (bicyclic) bond motifs is 6. The van der Waals surface area contributed by atoms with E-state index in [4.69, 9.17) is 4.74 Å². The molecule has 0 amide bonds. The second-order valence-electron chi connectivity index (χ2n) is 6.47. The third-order valence-corrected chi connectivity index (χ3v) is 6.04. The molecular weight excluding hydrogens is 376 g/mol. The molecule has 0 atom stereocenters. The average Bonchev–Trinajstić information content (AvgIpc) is 2.71. The highest BCUT2D eigenvalue weighted by Crippen LogP contribution is 2.52. The van der Waals surface area contributed by atoms with Crippen LogP contribution in [0.3, 0.4) is 0 Å². The number of carboxylic acids is 2. The Morgan fingerprint density at radius 1 is 0.679 bits per heavy atom. The summed E-state index contributed by atoms with van der Waals surface area (Å²) in [4.78, 5) is 24.3. The highest BCUT2D eigenvalue weighted by atomic mass is 32.2. The van der Waals surface area contributed by atoms with Crippen LogP contribution in [0.1, 0.15) is 20.7 Å². The summed E-state index contributed by atoms with van der Waals surface area (Å²) in [6.45, 7) is 0. The first kappa shape index (κ1) is 16.6. The van der Waals surface area contributed by atoms with Gasteiger partial charge in [0.15, 0.2) is 0 Å². The van der Waals surface area contributed by atoms with E-state index in [-0.39, 0.29) is 11.1 Å². The maximum absolute atomic E-state index is 11.2. The lowest BCUT2D eigenvalue weighted by atomic mass is 10.1. The fourth-order valence-electron chi connectivity index (χ4n) is 3.42. The van der Waals surface area contributed by atoms with Crippen molar-refractivity contribution in [2.45, 2.75) is 9.79 Å². The van der Waals surface area contributed by atoms with Crippen molar-refractivity contribution in [2.75, 3.05) is 0 Å². The van der Waals surface area contributed by atoms with Gasteiger partial charge in [-0.2, -0.15) is 0 Å². The standard InChI is InChI=1S/C22H12O5S/c23-21(24)13-1-5-15-11(9-13)3-7-17-19(15)28-20-16-6-2-14(22(25)26)10-12(16)4-8-18(20)27-17/h1-10H,(H,23,24)(H,25,26). The Morgan fingerprint density at radius 2 is 1.14 bits per heavy atom. The normalized spacial score (nSPS) is 12.3. The topological polar surface area (TPSA) is 83.8 Å². The Morgan fingerprint density at radius 3 is 1.57 bits per heavy atom. The molecule has 0 aliphatic carbocycles. The molecule has 0 saturated heterocycles. The Bertz CT molecular complexity index is 1220. The Hall–Kier alpha value is -3.51. The molecule has 2 N–H and O–H groups in total. The SMILES string of the molecule is O=C(O)c1ccc2c3c(ccc2c1)Oc1ccc2cc(C(=O)O)ccc2c1S3. The minimum absolute atomic E-state index is 0.237. The highest BCUT2D eigenvalue weighted by Gasteiger charge is 2.23. The van der Waals surface area contributed by atoms with E-state index in [1.165, 1.54) is 0 Å². The lowest BCUT2D eigenvalue weighted by molar-refractivity contribution is 0.0686. The van der Waals surface area contributed by atoms with Crippen molar-refractivity contribution in [2.24, 2.45) is 0 Å². The van der Waals surface area contributed by atoms with Crippen LogP contribution in [-0.2, 0) is 0 Å². The molecule has 0 unspecified atom stereocenters. The molecule has 1 heterocycles. The molecule has 1 aliphatic heterocycles. The monoisotopic (exact) mass is 388 g/mol. The minimum Gasteiger partial charge on any atom is -0.478 e. The van der Waals surface area contributed by atoms with Crippen molar-refractivity contribution < 1.29 is 24.5 Å². The fourth-order valence-corrected chi connectivity index (χ4v) is 4.64. The van der Waals surface area contributed by atoms with Crippen LogP contribution in [0.2, 0.25) is 0 Å². The number of rotatable bonds is 2. The van der Waals surface area contributed by atoms with Gasteiger partial charge in [-0.1, -0.05) is 36.0 Å². The molecule has 136 valence electrons. The summed E-state index contributed by atoms with van der Waals surface area (Å²) in [7, 11) is 0. The zero-order valence-corrected chi connectivity index (χ0v) is 15.1. The minimum atomic E-state index is -0.964. The second kappa shape index (κ2) is 6.00. The van der Waals surface area contributed by atoms with Crippen LogP contribution in [0, 0.1) is 0 Å². The highest BCUT2D eigenvalue weighted by molar-refractivity contribution is 8.00. The summed E-state index contributed by atoms with van der Waals surface area (Å²) in [5, 5.41) is 21.9. The van der Waals surface area contributed by atoms with Gasteiger partial charge in [0.25, 0.3) is 0 Å². The van der Waals surface area contributed by atoms with Gasteiger partial charge in [0.1, 0.15) is 11.5 Å². The first-order chi connectivity index (χ1) is 13.5. The number of benzene rings is 4. The molecule has 1 aliphatic rings. The zero-order chi connectivity index (χ0) is 19.4. The number of hydrogen-bond donors (Lipinski definition) is 2. The van der Waals surface area contributed by atoms with Gasteiger partial charge in [-0.3, -0.25) is 0 Å². The molecule has 28 heavy (non-hydrogen) atoms. The lowest BCUT2D eigenvalue weighted by Gasteiger charge is -2.22. The predicted molar refractivity (Wildman–Crippen MR) is 106 cm³/mol. The predicted octanol–water partition coefficient (Wildman–Crippen LogP) is 5.65. The van der Waals surface area contributed by atoms with E-state index in [0.29, 0.717) is 0 Å². The van der Waals surface area contributed by atoms with Crippen LogP contribution in [0.4, 0.5) is 0 Å². The number of aromatic carboxylic acids is 2. The molecule has 0 radical (unpaired) electrons. The molecule has 5 rings (SSSR count). The van der Waals surface area contributed by atoms with Gasteiger partial charge in [-0.15, -0.1) is 0 Å². The molecule has 0 fully saturated rings. The summed E-state index contributed by atoms with van der Waals surface area (Å²) >= 11 is 1.55. The Labute approximate surface area is 163 Å². The third kappa shape index (κ3) is 2.50. The third-order valence-electron chi connectivity index (χ3n) is 4.79. The van der Waals surface area contributed by atoms with Crippen LogP contribution in [-0.4, -0.2) is 22.2 Å². The molecule has 0 bridgehead atoms. The summed E-state index contributed by atoms with van der Waals surface area (Å²) in [6.07, 6.45) is 0. The van der Waals surface area contributed by atoms with Gasteiger partial charge in [0.05, 0.1) is 20.9 Å². The quantitative estimate of drug-likeness (QED) is 0.407. The lowest BCUT2D eigenvalue weighted by Crippen LogP contribution is -1.99. The fraction of sp³-hybridized carbons (Fsp3) is 0. The van der Waals surface area contributed by atoms with Crippen LogP contribution in [0.5, 0.6) is 11.5 Å². The van der Waals surface area contributed by atoms with Crippen LogP contribution >= 0.6 is 11.8 Å². The van der Waals surface area contributed by atoms with E-state index in [0.717, 1.165) is 42.8 Å². The van der Waals surface area contributed by atoms with E-state index in [2.05, 4.69) is 0 Å². The van der Waals surface area contributed by atoms with E-state index in [1.54, 1.807) is 48.2 Å². The van der Waals surface area contributed by atoms with Crippen molar-refractivity contribution in [3.05, 3.63) is 71.8 Å².